The number of rotatable bonds is 2. The van der Waals surface area contributed by atoms with E-state index in [1.54, 1.807) is 13.0 Å². The summed E-state index contributed by atoms with van der Waals surface area (Å²) in [4.78, 5) is 16.5. The summed E-state index contributed by atoms with van der Waals surface area (Å²) in [6.07, 6.45) is 0. The number of ketones is 1. The van der Waals surface area contributed by atoms with Gasteiger partial charge in [0.05, 0.1) is 20.6 Å². The molecule has 1 aromatic heterocycles. The first kappa shape index (κ1) is 11.3. The Bertz CT molecular complexity index is 548. The number of carbonyl (C=O) groups excluding carboxylic acids is 1. The molecule has 0 amide bonds. The number of hydrogen-bond donors (Lipinski definition) is 0. The third kappa shape index (κ3) is 2.01. The maximum absolute atomic E-state index is 11.5. The maximum atomic E-state index is 11.5. The fraction of sp³-hybridized carbons (Fsp3) is 0.167. The van der Waals surface area contributed by atoms with Crippen LogP contribution in [0.5, 0.6) is 0 Å². The quantitative estimate of drug-likeness (QED) is 0.756. The van der Waals surface area contributed by atoms with Crippen LogP contribution in [0.15, 0.2) is 24.3 Å². The van der Waals surface area contributed by atoms with E-state index in [1.165, 1.54) is 11.3 Å². The van der Waals surface area contributed by atoms with Crippen LogP contribution in [-0.2, 0) is 0 Å². The lowest BCUT2D eigenvalue weighted by Gasteiger charge is -2.01. The van der Waals surface area contributed by atoms with Crippen LogP contribution >= 0.6 is 22.9 Å². The van der Waals surface area contributed by atoms with Gasteiger partial charge >= 0.3 is 0 Å². The Kier molecular flexibility index (Phi) is 3.08. The minimum absolute atomic E-state index is 0.0283. The molecule has 0 bridgehead atoms. The molecule has 0 saturated heterocycles. The predicted molar refractivity (Wildman–Crippen MR) is 67.3 cm³/mol. The first-order chi connectivity index (χ1) is 7.59. The number of Topliss-reactive ketones (excluding diaryl/α,β-unsaturated/α-hetero) is 1. The van der Waals surface area contributed by atoms with Crippen LogP contribution < -0.4 is 0 Å². The SMILES string of the molecule is CC(=O)c1sc(C)nc1-c1ccccc1Cl. The largest absolute Gasteiger partial charge is 0.294 e. The van der Waals surface area contributed by atoms with Gasteiger partial charge in [-0.25, -0.2) is 4.98 Å². The van der Waals surface area contributed by atoms with E-state index in [0.29, 0.717) is 15.6 Å². The lowest BCUT2D eigenvalue weighted by Crippen LogP contribution is -1.92. The van der Waals surface area contributed by atoms with E-state index in [-0.39, 0.29) is 5.78 Å². The minimum atomic E-state index is 0.0283. The summed E-state index contributed by atoms with van der Waals surface area (Å²) in [5, 5.41) is 1.50. The molecule has 1 aromatic carbocycles. The number of aromatic nitrogens is 1. The third-order valence-electron chi connectivity index (χ3n) is 2.18. The molecule has 82 valence electrons. The summed E-state index contributed by atoms with van der Waals surface area (Å²) in [6, 6.07) is 7.43. The number of benzene rings is 1. The molecule has 0 atom stereocenters. The van der Waals surface area contributed by atoms with Crippen molar-refractivity contribution in [1.82, 2.24) is 4.98 Å². The number of halogens is 1. The van der Waals surface area contributed by atoms with E-state index in [2.05, 4.69) is 4.98 Å². The van der Waals surface area contributed by atoms with Gasteiger partial charge in [-0.3, -0.25) is 4.79 Å². The average molecular weight is 252 g/mol. The summed E-state index contributed by atoms with van der Waals surface area (Å²) in [5.74, 6) is 0.0283. The Morgan fingerprint density at radius 1 is 1.38 bits per heavy atom. The molecular weight excluding hydrogens is 242 g/mol. The predicted octanol–water partition coefficient (Wildman–Crippen LogP) is 3.97. The second-order valence-corrected chi connectivity index (χ2v) is 5.06. The number of nitrogens with zero attached hydrogens (tertiary/aromatic N) is 1. The highest BCUT2D eigenvalue weighted by Gasteiger charge is 2.16. The molecule has 0 saturated carbocycles. The number of carbonyl (C=O) groups is 1. The Morgan fingerprint density at radius 3 is 2.69 bits per heavy atom. The van der Waals surface area contributed by atoms with Crippen LogP contribution in [0.4, 0.5) is 0 Å². The molecule has 0 N–H and O–H groups in total. The molecule has 0 aliphatic heterocycles. The van der Waals surface area contributed by atoms with Crippen molar-refractivity contribution >= 4 is 28.7 Å². The zero-order chi connectivity index (χ0) is 11.7. The Balaban J connectivity index is 2.64. The molecule has 2 rings (SSSR count). The topological polar surface area (TPSA) is 30.0 Å². The van der Waals surface area contributed by atoms with E-state index in [9.17, 15) is 4.79 Å². The summed E-state index contributed by atoms with van der Waals surface area (Å²) >= 11 is 7.50. The normalized spacial score (nSPS) is 10.4. The van der Waals surface area contributed by atoms with Crippen LogP contribution in [0.2, 0.25) is 5.02 Å². The van der Waals surface area contributed by atoms with Gasteiger partial charge in [0.15, 0.2) is 5.78 Å². The van der Waals surface area contributed by atoms with E-state index >= 15 is 0 Å². The van der Waals surface area contributed by atoms with Crippen LogP contribution in [0.25, 0.3) is 11.3 Å². The molecule has 0 radical (unpaired) electrons. The van der Waals surface area contributed by atoms with Gasteiger partial charge in [0.1, 0.15) is 0 Å². The van der Waals surface area contributed by atoms with Crippen LogP contribution in [0.3, 0.4) is 0 Å². The Morgan fingerprint density at radius 2 is 2.06 bits per heavy atom. The molecule has 0 aliphatic rings. The van der Waals surface area contributed by atoms with Crippen molar-refractivity contribution in [3.63, 3.8) is 0 Å². The van der Waals surface area contributed by atoms with Crippen molar-refractivity contribution in [3.8, 4) is 11.3 Å². The highest BCUT2D eigenvalue weighted by molar-refractivity contribution is 7.14. The van der Waals surface area contributed by atoms with Crippen molar-refractivity contribution in [2.45, 2.75) is 13.8 Å². The molecular formula is C12H10ClNOS. The van der Waals surface area contributed by atoms with Crippen molar-refractivity contribution in [2.24, 2.45) is 0 Å². The van der Waals surface area contributed by atoms with Crippen molar-refractivity contribution in [1.29, 1.82) is 0 Å². The lowest BCUT2D eigenvalue weighted by atomic mass is 10.1. The summed E-state index contributed by atoms with van der Waals surface area (Å²) in [6.45, 7) is 3.44. The number of hydrogen-bond acceptors (Lipinski definition) is 3. The van der Waals surface area contributed by atoms with Gasteiger partial charge in [-0.15, -0.1) is 11.3 Å². The molecule has 2 nitrogen and oxygen atoms in total. The first-order valence-corrected chi connectivity index (χ1v) is 6.02. The summed E-state index contributed by atoms with van der Waals surface area (Å²) in [5.41, 5.74) is 1.51. The average Bonchev–Trinajstić information content (AvgIpc) is 2.61. The van der Waals surface area contributed by atoms with Crippen LogP contribution in [0.1, 0.15) is 21.6 Å². The molecule has 0 fully saturated rings. The Labute approximate surface area is 103 Å². The van der Waals surface area contributed by atoms with Crippen molar-refractivity contribution < 1.29 is 4.79 Å². The highest BCUT2D eigenvalue weighted by atomic mass is 35.5. The molecule has 0 spiro atoms. The van der Waals surface area contributed by atoms with Gasteiger partial charge in [0, 0.05) is 12.5 Å². The van der Waals surface area contributed by atoms with E-state index in [1.807, 2.05) is 25.1 Å². The molecule has 4 heteroatoms. The number of aryl methyl sites for hydroxylation is 1. The summed E-state index contributed by atoms with van der Waals surface area (Å²) < 4.78 is 0. The van der Waals surface area contributed by atoms with E-state index in [0.717, 1.165) is 10.6 Å². The van der Waals surface area contributed by atoms with Gasteiger partial charge in [-0.2, -0.15) is 0 Å². The monoisotopic (exact) mass is 251 g/mol. The minimum Gasteiger partial charge on any atom is -0.294 e. The first-order valence-electron chi connectivity index (χ1n) is 4.83. The lowest BCUT2D eigenvalue weighted by molar-refractivity contribution is 0.102. The van der Waals surface area contributed by atoms with Gasteiger partial charge in [0.2, 0.25) is 0 Å². The van der Waals surface area contributed by atoms with Crippen LogP contribution in [0, 0.1) is 6.92 Å². The second-order valence-electron chi connectivity index (χ2n) is 3.45. The summed E-state index contributed by atoms with van der Waals surface area (Å²) in [7, 11) is 0. The number of thiazole rings is 1. The Hall–Kier alpha value is -1.19. The van der Waals surface area contributed by atoms with Crippen molar-refractivity contribution in [3.05, 3.63) is 39.2 Å². The van der Waals surface area contributed by atoms with Crippen molar-refractivity contribution in [2.75, 3.05) is 0 Å². The van der Waals surface area contributed by atoms with E-state index < -0.39 is 0 Å². The maximum Gasteiger partial charge on any atom is 0.172 e. The second kappa shape index (κ2) is 4.36. The molecule has 1 heterocycles. The highest BCUT2D eigenvalue weighted by Crippen LogP contribution is 2.32. The van der Waals surface area contributed by atoms with Gasteiger partial charge < -0.3 is 0 Å². The fourth-order valence-corrected chi connectivity index (χ4v) is 2.56. The molecule has 0 aliphatic carbocycles. The zero-order valence-electron chi connectivity index (χ0n) is 8.95. The molecule has 0 unspecified atom stereocenters. The molecule has 2 aromatic rings. The van der Waals surface area contributed by atoms with Gasteiger partial charge in [-0.1, -0.05) is 29.8 Å². The van der Waals surface area contributed by atoms with Crippen LogP contribution in [-0.4, -0.2) is 10.8 Å². The van der Waals surface area contributed by atoms with E-state index in [4.69, 9.17) is 11.6 Å². The fourth-order valence-electron chi connectivity index (χ4n) is 1.50. The standard InChI is InChI=1S/C12H10ClNOS/c1-7(15)12-11(14-8(2)16-12)9-5-3-4-6-10(9)13/h3-6H,1-2H3. The third-order valence-corrected chi connectivity index (χ3v) is 3.58. The van der Waals surface area contributed by atoms with Gasteiger partial charge in [0.25, 0.3) is 0 Å². The molecule has 16 heavy (non-hydrogen) atoms. The van der Waals surface area contributed by atoms with Gasteiger partial charge in [-0.05, 0) is 13.0 Å². The zero-order valence-corrected chi connectivity index (χ0v) is 10.5. The smallest absolute Gasteiger partial charge is 0.172 e.